The predicted octanol–water partition coefficient (Wildman–Crippen LogP) is 1.59. The third-order valence-electron chi connectivity index (χ3n) is 2.15. The van der Waals surface area contributed by atoms with E-state index in [9.17, 15) is 4.79 Å². The van der Waals surface area contributed by atoms with Crippen molar-refractivity contribution in [1.29, 1.82) is 0 Å². The Bertz CT molecular complexity index is 202. The zero-order valence-electron chi connectivity index (χ0n) is 11.1. The van der Waals surface area contributed by atoms with Crippen LogP contribution < -0.4 is 5.32 Å². The van der Waals surface area contributed by atoms with E-state index in [0.29, 0.717) is 12.5 Å². The minimum absolute atomic E-state index is 0.0907. The third-order valence-corrected chi connectivity index (χ3v) is 2.15. The van der Waals surface area contributed by atoms with Crippen molar-refractivity contribution in [2.45, 2.75) is 39.7 Å². The second-order valence-corrected chi connectivity index (χ2v) is 4.96. The highest BCUT2D eigenvalue weighted by molar-refractivity contribution is 5.76. The molecule has 0 atom stereocenters. The zero-order valence-corrected chi connectivity index (χ0v) is 11.1. The van der Waals surface area contributed by atoms with Gasteiger partial charge in [0.15, 0.2) is 0 Å². The standard InChI is InChI=1S/C12H25NO3/c1-10(2)6-7-16-12(3,4)9-15-8-11(14)13-5/h10H,6-9H2,1-5H3,(H,13,14). The highest BCUT2D eigenvalue weighted by atomic mass is 16.5. The lowest BCUT2D eigenvalue weighted by atomic mass is 10.1. The largest absolute Gasteiger partial charge is 0.373 e. The van der Waals surface area contributed by atoms with Gasteiger partial charge in [0, 0.05) is 13.7 Å². The molecule has 0 aromatic carbocycles. The minimum atomic E-state index is -0.330. The molecule has 0 unspecified atom stereocenters. The van der Waals surface area contributed by atoms with E-state index >= 15 is 0 Å². The Kier molecular flexibility index (Phi) is 7.34. The van der Waals surface area contributed by atoms with Crippen LogP contribution in [0.2, 0.25) is 0 Å². The number of hydrogen-bond donors (Lipinski definition) is 1. The van der Waals surface area contributed by atoms with E-state index in [4.69, 9.17) is 9.47 Å². The summed E-state index contributed by atoms with van der Waals surface area (Å²) in [6, 6.07) is 0. The van der Waals surface area contributed by atoms with Gasteiger partial charge < -0.3 is 14.8 Å². The Morgan fingerprint density at radius 1 is 1.38 bits per heavy atom. The average molecular weight is 231 g/mol. The first-order valence-corrected chi connectivity index (χ1v) is 5.79. The molecule has 1 N–H and O–H groups in total. The van der Waals surface area contributed by atoms with Gasteiger partial charge in [-0.3, -0.25) is 4.79 Å². The minimum Gasteiger partial charge on any atom is -0.373 e. The van der Waals surface area contributed by atoms with Crippen molar-refractivity contribution >= 4 is 5.91 Å². The molecule has 16 heavy (non-hydrogen) atoms. The van der Waals surface area contributed by atoms with Gasteiger partial charge in [0.1, 0.15) is 6.61 Å². The first-order chi connectivity index (χ1) is 7.37. The molecule has 0 rings (SSSR count). The Balaban J connectivity index is 3.65. The van der Waals surface area contributed by atoms with Gasteiger partial charge in [0.05, 0.1) is 12.2 Å². The van der Waals surface area contributed by atoms with Crippen molar-refractivity contribution in [2.75, 3.05) is 26.9 Å². The van der Waals surface area contributed by atoms with E-state index in [-0.39, 0.29) is 18.1 Å². The molecule has 96 valence electrons. The summed E-state index contributed by atoms with van der Waals surface area (Å²) in [6.07, 6.45) is 1.04. The maximum absolute atomic E-state index is 10.9. The molecule has 0 aliphatic heterocycles. The lowest BCUT2D eigenvalue weighted by molar-refractivity contribution is -0.129. The molecule has 1 amide bonds. The third kappa shape index (κ3) is 8.68. The molecule has 0 aromatic rings. The summed E-state index contributed by atoms with van der Waals surface area (Å²) in [5.41, 5.74) is -0.330. The van der Waals surface area contributed by atoms with Crippen LogP contribution in [-0.4, -0.2) is 38.4 Å². The molecule has 0 heterocycles. The van der Waals surface area contributed by atoms with E-state index in [1.807, 2.05) is 13.8 Å². The van der Waals surface area contributed by atoms with E-state index in [2.05, 4.69) is 19.2 Å². The number of rotatable bonds is 8. The highest BCUT2D eigenvalue weighted by Crippen LogP contribution is 2.11. The predicted molar refractivity (Wildman–Crippen MR) is 64.4 cm³/mol. The number of ether oxygens (including phenoxy) is 2. The fourth-order valence-electron chi connectivity index (χ4n) is 1.07. The second-order valence-electron chi connectivity index (χ2n) is 4.96. The van der Waals surface area contributed by atoms with Gasteiger partial charge >= 0.3 is 0 Å². The van der Waals surface area contributed by atoms with Crippen LogP contribution in [0, 0.1) is 5.92 Å². The number of amides is 1. The maximum Gasteiger partial charge on any atom is 0.245 e. The molecule has 4 nitrogen and oxygen atoms in total. The van der Waals surface area contributed by atoms with Crippen molar-refractivity contribution in [1.82, 2.24) is 5.32 Å². The van der Waals surface area contributed by atoms with Crippen LogP contribution in [-0.2, 0) is 14.3 Å². The molecule has 0 saturated carbocycles. The Hall–Kier alpha value is -0.610. The lowest BCUT2D eigenvalue weighted by Gasteiger charge is -2.25. The number of carbonyl (C=O) groups is 1. The van der Waals surface area contributed by atoms with Crippen molar-refractivity contribution in [3.8, 4) is 0 Å². The summed E-state index contributed by atoms with van der Waals surface area (Å²) in [4.78, 5) is 10.9. The summed E-state index contributed by atoms with van der Waals surface area (Å²) >= 11 is 0. The van der Waals surface area contributed by atoms with Crippen molar-refractivity contribution in [2.24, 2.45) is 5.92 Å². The molecule has 0 bridgehead atoms. The van der Waals surface area contributed by atoms with Crippen molar-refractivity contribution in [3.05, 3.63) is 0 Å². The zero-order chi connectivity index (χ0) is 12.6. The molecule has 0 aromatic heterocycles. The van der Waals surface area contributed by atoms with Gasteiger partial charge in [0.2, 0.25) is 5.91 Å². The molecular weight excluding hydrogens is 206 g/mol. The van der Waals surface area contributed by atoms with E-state index in [1.165, 1.54) is 0 Å². The molecule has 0 spiro atoms. The quantitative estimate of drug-likeness (QED) is 0.690. The Morgan fingerprint density at radius 3 is 2.50 bits per heavy atom. The normalized spacial score (nSPS) is 11.9. The van der Waals surface area contributed by atoms with Crippen LogP contribution in [0.15, 0.2) is 0 Å². The van der Waals surface area contributed by atoms with Crippen LogP contribution in [0.5, 0.6) is 0 Å². The molecule has 0 radical (unpaired) electrons. The Labute approximate surface area is 98.7 Å². The Morgan fingerprint density at radius 2 is 2.00 bits per heavy atom. The highest BCUT2D eigenvalue weighted by Gasteiger charge is 2.19. The van der Waals surface area contributed by atoms with Gasteiger partial charge in [-0.05, 0) is 26.2 Å². The summed E-state index contributed by atoms with van der Waals surface area (Å²) in [6.45, 7) is 9.52. The van der Waals surface area contributed by atoms with Crippen molar-refractivity contribution in [3.63, 3.8) is 0 Å². The molecule has 0 fully saturated rings. The number of nitrogens with one attached hydrogen (secondary N) is 1. The van der Waals surface area contributed by atoms with Gasteiger partial charge in [0.25, 0.3) is 0 Å². The number of likely N-dealkylation sites (N-methyl/N-ethyl adjacent to an activating group) is 1. The molecule has 0 saturated heterocycles. The summed E-state index contributed by atoms with van der Waals surface area (Å²) in [5, 5.41) is 2.50. The van der Waals surface area contributed by atoms with E-state index in [0.717, 1.165) is 13.0 Å². The van der Waals surface area contributed by atoms with Gasteiger partial charge in [-0.25, -0.2) is 0 Å². The van der Waals surface area contributed by atoms with Crippen molar-refractivity contribution < 1.29 is 14.3 Å². The summed E-state index contributed by atoms with van der Waals surface area (Å²) in [7, 11) is 1.59. The fourth-order valence-corrected chi connectivity index (χ4v) is 1.07. The molecular formula is C12H25NO3. The molecule has 0 aliphatic carbocycles. The van der Waals surface area contributed by atoms with Gasteiger partial charge in [-0.2, -0.15) is 0 Å². The first kappa shape index (κ1) is 15.4. The van der Waals surface area contributed by atoms with Crippen LogP contribution in [0.4, 0.5) is 0 Å². The van der Waals surface area contributed by atoms with Crippen LogP contribution in [0.3, 0.4) is 0 Å². The van der Waals surface area contributed by atoms with Crippen LogP contribution in [0.1, 0.15) is 34.1 Å². The van der Waals surface area contributed by atoms with E-state index < -0.39 is 0 Å². The van der Waals surface area contributed by atoms with Gasteiger partial charge in [-0.15, -0.1) is 0 Å². The first-order valence-electron chi connectivity index (χ1n) is 5.79. The molecule has 4 heteroatoms. The fraction of sp³-hybridized carbons (Fsp3) is 0.917. The lowest BCUT2D eigenvalue weighted by Crippen LogP contribution is -2.34. The maximum atomic E-state index is 10.9. The second kappa shape index (κ2) is 7.63. The van der Waals surface area contributed by atoms with Crippen LogP contribution in [0.25, 0.3) is 0 Å². The SMILES string of the molecule is CNC(=O)COCC(C)(C)OCCC(C)C. The summed E-state index contributed by atoms with van der Waals surface area (Å²) < 4.78 is 11.0. The molecule has 0 aliphatic rings. The smallest absolute Gasteiger partial charge is 0.245 e. The average Bonchev–Trinajstić information content (AvgIpc) is 2.16. The number of carbonyl (C=O) groups excluding carboxylic acids is 1. The topological polar surface area (TPSA) is 47.6 Å². The van der Waals surface area contributed by atoms with Crippen LogP contribution >= 0.6 is 0 Å². The summed E-state index contributed by atoms with van der Waals surface area (Å²) in [5.74, 6) is 0.528. The van der Waals surface area contributed by atoms with Gasteiger partial charge in [-0.1, -0.05) is 13.8 Å². The number of hydrogen-bond acceptors (Lipinski definition) is 3. The monoisotopic (exact) mass is 231 g/mol. The van der Waals surface area contributed by atoms with E-state index in [1.54, 1.807) is 7.05 Å².